The Morgan fingerprint density at radius 3 is 2.88 bits per heavy atom. The van der Waals surface area contributed by atoms with Crippen molar-refractivity contribution in [1.29, 1.82) is 0 Å². The van der Waals surface area contributed by atoms with E-state index in [2.05, 4.69) is 15.5 Å². The summed E-state index contributed by atoms with van der Waals surface area (Å²) in [6, 6.07) is 1.92. The second-order valence-corrected chi connectivity index (χ2v) is 4.28. The van der Waals surface area contributed by atoms with Gasteiger partial charge in [0, 0.05) is 38.1 Å². The van der Waals surface area contributed by atoms with E-state index < -0.39 is 0 Å². The molecule has 0 atom stereocenters. The van der Waals surface area contributed by atoms with Crippen LogP contribution in [0.25, 0.3) is 0 Å². The number of rotatable bonds is 5. The van der Waals surface area contributed by atoms with Crippen LogP contribution in [0.3, 0.4) is 0 Å². The molecular weight excluding hydrogens is 238 g/mol. The summed E-state index contributed by atoms with van der Waals surface area (Å²) in [4.78, 5) is 0. The fraction of sp³-hybridized carbons (Fsp3) is 0.455. The van der Waals surface area contributed by atoms with Crippen molar-refractivity contribution in [1.82, 2.24) is 24.9 Å². The predicted molar refractivity (Wildman–Crippen MR) is 66.9 cm³/mol. The molecule has 2 aromatic heterocycles. The zero-order valence-corrected chi connectivity index (χ0v) is 10.8. The minimum Gasteiger partial charge on any atom is -0.311 e. The Hall–Kier alpha value is -1.33. The molecule has 0 radical (unpaired) electrons. The summed E-state index contributed by atoms with van der Waals surface area (Å²) in [5, 5.41) is 12.4. The van der Waals surface area contributed by atoms with Gasteiger partial charge in [-0.05, 0) is 13.0 Å². The first-order valence-corrected chi connectivity index (χ1v) is 5.92. The van der Waals surface area contributed by atoms with Gasteiger partial charge in [-0.3, -0.25) is 9.36 Å². The van der Waals surface area contributed by atoms with E-state index in [0.29, 0.717) is 5.15 Å². The molecule has 0 spiro atoms. The van der Waals surface area contributed by atoms with Crippen LogP contribution in [0, 0.1) is 6.92 Å². The van der Waals surface area contributed by atoms with Gasteiger partial charge in [0.2, 0.25) is 0 Å². The number of halogens is 1. The summed E-state index contributed by atoms with van der Waals surface area (Å²) < 4.78 is 3.59. The van der Waals surface area contributed by atoms with Crippen molar-refractivity contribution in [3.8, 4) is 0 Å². The first kappa shape index (κ1) is 12.1. The Morgan fingerprint density at radius 2 is 2.29 bits per heavy atom. The SMILES string of the molecule is Cc1nn(C)c(Cl)c1CNCCn1cccn1. The second-order valence-electron chi connectivity index (χ2n) is 3.92. The zero-order valence-electron chi connectivity index (χ0n) is 10.0. The van der Waals surface area contributed by atoms with Crippen LogP contribution in [-0.2, 0) is 20.1 Å². The van der Waals surface area contributed by atoms with Crippen molar-refractivity contribution >= 4 is 11.6 Å². The molecule has 0 aromatic carbocycles. The van der Waals surface area contributed by atoms with Crippen LogP contribution >= 0.6 is 11.6 Å². The Kier molecular flexibility index (Phi) is 3.81. The van der Waals surface area contributed by atoms with Crippen LogP contribution in [0.4, 0.5) is 0 Å². The van der Waals surface area contributed by atoms with Gasteiger partial charge in [-0.1, -0.05) is 11.6 Å². The van der Waals surface area contributed by atoms with Crippen LogP contribution < -0.4 is 5.32 Å². The monoisotopic (exact) mass is 253 g/mol. The molecule has 0 saturated heterocycles. The summed E-state index contributed by atoms with van der Waals surface area (Å²) in [7, 11) is 1.85. The standard InChI is InChI=1S/C11H16ClN5/c1-9-10(11(12)16(2)15-9)8-13-5-7-17-6-3-4-14-17/h3-4,6,13H,5,7-8H2,1-2H3. The molecule has 0 bridgehead atoms. The lowest BCUT2D eigenvalue weighted by molar-refractivity contribution is 0.554. The summed E-state index contributed by atoms with van der Waals surface area (Å²) in [6.07, 6.45) is 3.73. The van der Waals surface area contributed by atoms with Crippen LogP contribution in [0.5, 0.6) is 0 Å². The van der Waals surface area contributed by atoms with Crippen molar-refractivity contribution in [3.63, 3.8) is 0 Å². The minimum atomic E-state index is 0.703. The molecule has 0 amide bonds. The molecule has 0 aliphatic heterocycles. The molecule has 0 saturated carbocycles. The van der Waals surface area contributed by atoms with Gasteiger partial charge in [-0.25, -0.2) is 0 Å². The van der Waals surface area contributed by atoms with Crippen LogP contribution in [-0.4, -0.2) is 26.1 Å². The lowest BCUT2D eigenvalue weighted by Gasteiger charge is -2.05. The van der Waals surface area contributed by atoms with E-state index in [-0.39, 0.29) is 0 Å². The molecule has 2 rings (SSSR count). The Balaban J connectivity index is 1.82. The molecule has 1 N–H and O–H groups in total. The summed E-state index contributed by atoms with van der Waals surface area (Å²) in [6.45, 7) is 4.41. The molecule has 0 unspecified atom stereocenters. The fourth-order valence-corrected chi connectivity index (χ4v) is 1.96. The third kappa shape index (κ3) is 2.87. The summed E-state index contributed by atoms with van der Waals surface area (Å²) >= 11 is 6.14. The van der Waals surface area contributed by atoms with Crippen LogP contribution in [0.1, 0.15) is 11.3 Å². The van der Waals surface area contributed by atoms with Crippen molar-refractivity contribution in [2.75, 3.05) is 6.54 Å². The molecule has 17 heavy (non-hydrogen) atoms. The number of aryl methyl sites for hydroxylation is 2. The lowest BCUT2D eigenvalue weighted by atomic mass is 10.2. The summed E-state index contributed by atoms with van der Waals surface area (Å²) in [5.41, 5.74) is 2.04. The van der Waals surface area contributed by atoms with Gasteiger partial charge in [0.05, 0.1) is 12.2 Å². The maximum atomic E-state index is 6.14. The van der Waals surface area contributed by atoms with Gasteiger partial charge < -0.3 is 5.32 Å². The predicted octanol–water partition coefficient (Wildman–Crippen LogP) is 1.37. The smallest absolute Gasteiger partial charge is 0.131 e. The number of nitrogens with one attached hydrogen (secondary N) is 1. The molecule has 2 aromatic rings. The van der Waals surface area contributed by atoms with Crippen LogP contribution in [0.15, 0.2) is 18.5 Å². The number of hydrogen-bond acceptors (Lipinski definition) is 3. The van der Waals surface area contributed by atoms with Gasteiger partial charge in [0.25, 0.3) is 0 Å². The average molecular weight is 254 g/mol. The van der Waals surface area contributed by atoms with E-state index in [1.54, 1.807) is 10.9 Å². The first-order valence-electron chi connectivity index (χ1n) is 5.54. The maximum absolute atomic E-state index is 6.14. The van der Waals surface area contributed by atoms with Gasteiger partial charge in [0.15, 0.2) is 0 Å². The first-order chi connectivity index (χ1) is 8.18. The third-order valence-electron chi connectivity index (χ3n) is 2.65. The van der Waals surface area contributed by atoms with E-state index in [1.165, 1.54) is 0 Å². The topological polar surface area (TPSA) is 47.7 Å². The Labute approximate surface area is 105 Å². The highest BCUT2D eigenvalue weighted by Crippen LogP contribution is 2.17. The maximum Gasteiger partial charge on any atom is 0.131 e. The van der Waals surface area contributed by atoms with Gasteiger partial charge >= 0.3 is 0 Å². The molecule has 0 aliphatic carbocycles. The van der Waals surface area contributed by atoms with Crippen molar-refractivity contribution in [2.24, 2.45) is 7.05 Å². The molecule has 2 heterocycles. The molecular formula is C11H16ClN5. The van der Waals surface area contributed by atoms with E-state index >= 15 is 0 Å². The molecule has 0 fully saturated rings. The third-order valence-corrected chi connectivity index (χ3v) is 3.12. The minimum absolute atomic E-state index is 0.703. The average Bonchev–Trinajstić information content (AvgIpc) is 2.87. The number of nitrogens with zero attached hydrogens (tertiary/aromatic N) is 4. The summed E-state index contributed by atoms with van der Waals surface area (Å²) in [5.74, 6) is 0. The normalized spacial score (nSPS) is 11.0. The Morgan fingerprint density at radius 1 is 1.47 bits per heavy atom. The van der Waals surface area contributed by atoms with Crippen molar-refractivity contribution in [3.05, 3.63) is 34.9 Å². The highest BCUT2D eigenvalue weighted by atomic mass is 35.5. The second kappa shape index (κ2) is 5.33. The number of hydrogen-bond donors (Lipinski definition) is 1. The molecule has 92 valence electrons. The van der Waals surface area contributed by atoms with Gasteiger partial charge in [-0.15, -0.1) is 0 Å². The van der Waals surface area contributed by atoms with Gasteiger partial charge in [0.1, 0.15) is 5.15 Å². The number of aromatic nitrogens is 4. The molecule has 6 heteroatoms. The molecule has 5 nitrogen and oxygen atoms in total. The van der Waals surface area contributed by atoms with Crippen LogP contribution in [0.2, 0.25) is 5.15 Å². The van der Waals surface area contributed by atoms with Gasteiger partial charge in [-0.2, -0.15) is 10.2 Å². The quantitative estimate of drug-likeness (QED) is 0.819. The Bertz CT molecular complexity index is 474. The fourth-order valence-electron chi connectivity index (χ4n) is 1.71. The zero-order chi connectivity index (χ0) is 12.3. The largest absolute Gasteiger partial charge is 0.311 e. The highest BCUT2D eigenvalue weighted by Gasteiger charge is 2.09. The van der Waals surface area contributed by atoms with E-state index in [1.807, 2.05) is 30.9 Å². The van der Waals surface area contributed by atoms with Crippen molar-refractivity contribution in [2.45, 2.75) is 20.0 Å². The van der Waals surface area contributed by atoms with E-state index in [0.717, 1.165) is 30.9 Å². The van der Waals surface area contributed by atoms with E-state index in [9.17, 15) is 0 Å². The lowest BCUT2D eigenvalue weighted by Crippen LogP contribution is -2.20. The van der Waals surface area contributed by atoms with Crippen molar-refractivity contribution < 1.29 is 0 Å². The molecule has 0 aliphatic rings. The van der Waals surface area contributed by atoms with E-state index in [4.69, 9.17) is 11.6 Å². The highest BCUT2D eigenvalue weighted by molar-refractivity contribution is 6.30.